The van der Waals surface area contributed by atoms with Gasteiger partial charge in [0.1, 0.15) is 0 Å². The van der Waals surface area contributed by atoms with Crippen LogP contribution in [0.2, 0.25) is 0 Å². The van der Waals surface area contributed by atoms with Gasteiger partial charge < -0.3 is 10.0 Å². The Bertz CT molecular complexity index is 380. The van der Waals surface area contributed by atoms with Crippen molar-refractivity contribution in [1.82, 2.24) is 9.80 Å². The second-order valence-corrected chi connectivity index (χ2v) is 5.47. The van der Waals surface area contributed by atoms with Gasteiger partial charge in [0.15, 0.2) is 0 Å². The molecule has 0 bridgehead atoms. The third-order valence-corrected chi connectivity index (χ3v) is 3.63. The fourth-order valence-corrected chi connectivity index (χ4v) is 2.22. The molecular weight excluding hydrogens is 256 g/mol. The zero-order valence-corrected chi connectivity index (χ0v) is 12.0. The number of nitrogens with zero attached hydrogens (tertiary/aromatic N) is 4. The molecule has 20 heavy (non-hydrogen) atoms. The van der Waals surface area contributed by atoms with Gasteiger partial charge >= 0.3 is 0 Å². The molecule has 1 saturated heterocycles. The molecule has 0 aromatic carbocycles. The van der Waals surface area contributed by atoms with Gasteiger partial charge in [0, 0.05) is 26.2 Å². The molecule has 0 atom stereocenters. The first-order valence-electron chi connectivity index (χ1n) is 6.95. The predicted molar refractivity (Wildman–Crippen MR) is 73.3 cm³/mol. The molecule has 0 spiro atoms. The van der Waals surface area contributed by atoms with Gasteiger partial charge in [-0.05, 0) is 19.8 Å². The standard InChI is InChI=1S/C14H22N4O2/c1-14(20)4-10-17(11-5-14)12-13(19)18(8-2-6-15)9-3-7-16/h20H,2-5,8-12H2,1H3. The summed E-state index contributed by atoms with van der Waals surface area (Å²) in [6, 6.07) is 4.04. The van der Waals surface area contributed by atoms with Gasteiger partial charge in [0.05, 0.1) is 37.1 Å². The van der Waals surface area contributed by atoms with Gasteiger partial charge in [0.2, 0.25) is 5.91 Å². The first-order valence-corrected chi connectivity index (χ1v) is 6.95. The summed E-state index contributed by atoms with van der Waals surface area (Å²) in [6.45, 7) is 4.27. The first-order chi connectivity index (χ1) is 9.48. The van der Waals surface area contributed by atoms with Gasteiger partial charge in [0.25, 0.3) is 0 Å². The Morgan fingerprint density at radius 1 is 1.25 bits per heavy atom. The zero-order chi connectivity index (χ0) is 15.0. The Labute approximate surface area is 120 Å². The molecule has 1 N–H and O–H groups in total. The van der Waals surface area contributed by atoms with Crippen LogP contribution >= 0.6 is 0 Å². The summed E-state index contributed by atoms with van der Waals surface area (Å²) in [4.78, 5) is 15.8. The summed E-state index contributed by atoms with van der Waals surface area (Å²) in [7, 11) is 0. The second-order valence-electron chi connectivity index (χ2n) is 5.47. The molecular formula is C14H22N4O2. The van der Waals surface area contributed by atoms with E-state index >= 15 is 0 Å². The third kappa shape index (κ3) is 5.56. The summed E-state index contributed by atoms with van der Waals surface area (Å²) in [5.74, 6) is -0.0444. The molecule has 1 aliphatic rings. The maximum Gasteiger partial charge on any atom is 0.236 e. The molecule has 0 aliphatic carbocycles. The van der Waals surface area contributed by atoms with Gasteiger partial charge in [-0.3, -0.25) is 9.69 Å². The molecule has 1 rings (SSSR count). The third-order valence-electron chi connectivity index (χ3n) is 3.63. The van der Waals surface area contributed by atoms with Gasteiger partial charge in [-0.15, -0.1) is 0 Å². The molecule has 1 fully saturated rings. The lowest BCUT2D eigenvalue weighted by Crippen LogP contribution is -2.47. The number of aliphatic hydroxyl groups is 1. The molecule has 0 aromatic heterocycles. The van der Waals surface area contributed by atoms with E-state index in [1.165, 1.54) is 0 Å². The lowest BCUT2D eigenvalue weighted by Gasteiger charge is -2.36. The summed E-state index contributed by atoms with van der Waals surface area (Å²) in [5.41, 5.74) is -0.624. The van der Waals surface area contributed by atoms with Gasteiger partial charge in [-0.2, -0.15) is 10.5 Å². The Kier molecular flexibility index (Phi) is 6.44. The summed E-state index contributed by atoms with van der Waals surface area (Å²) in [5, 5.41) is 27.1. The number of piperidine rings is 1. The normalized spacial score (nSPS) is 18.0. The average Bonchev–Trinajstić information content (AvgIpc) is 2.41. The molecule has 1 heterocycles. The van der Waals surface area contributed by atoms with E-state index in [1.54, 1.807) is 4.90 Å². The van der Waals surface area contributed by atoms with Crippen LogP contribution in [-0.4, -0.2) is 59.1 Å². The molecule has 0 aromatic rings. The monoisotopic (exact) mass is 278 g/mol. The Balaban J connectivity index is 2.45. The molecule has 6 heteroatoms. The van der Waals surface area contributed by atoms with Crippen LogP contribution in [0, 0.1) is 22.7 Å². The van der Waals surface area contributed by atoms with E-state index in [0.717, 1.165) is 0 Å². The van der Waals surface area contributed by atoms with Crippen LogP contribution < -0.4 is 0 Å². The van der Waals surface area contributed by atoms with Crippen molar-refractivity contribution in [1.29, 1.82) is 10.5 Å². The largest absolute Gasteiger partial charge is 0.390 e. The van der Waals surface area contributed by atoms with Crippen molar-refractivity contribution in [2.75, 3.05) is 32.7 Å². The van der Waals surface area contributed by atoms with Crippen LogP contribution in [0.1, 0.15) is 32.6 Å². The predicted octanol–water partition coefficient (Wildman–Crippen LogP) is 0.489. The zero-order valence-electron chi connectivity index (χ0n) is 12.0. The number of carbonyl (C=O) groups excluding carboxylic acids is 1. The topological polar surface area (TPSA) is 91.4 Å². The molecule has 6 nitrogen and oxygen atoms in total. The fraction of sp³-hybridized carbons (Fsp3) is 0.786. The number of likely N-dealkylation sites (tertiary alicyclic amines) is 1. The summed E-state index contributed by atoms with van der Waals surface area (Å²) in [6.07, 6.45) is 1.89. The van der Waals surface area contributed by atoms with Crippen molar-refractivity contribution >= 4 is 5.91 Å². The maximum absolute atomic E-state index is 12.2. The number of carbonyl (C=O) groups is 1. The van der Waals surface area contributed by atoms with Gasteiger partial charge in [-0.25, -0.2) is 0 Å². The first kappa shape index (κ1) is 16.4. The van der Waals surface area contributed by atoms with Crippen molar-refractivity contribution in [2.24, 2.45) is 0 Å². The van der Waals surface area contributed by atoms with E-state index in [9.17, 15) is 9.90 Å². The number of amides is 1. The van der Waals surface area contributed by atoms with E-state index in [-0.39, 0.29) is 18.7 Å². The van der Waals surface area contributed by atoms with Crippen LogP contribution in [0.15, 0.2) is 0 Å². The van der Waals surface area contributed by atoms with Crippen molar-refractivity contribution in [2.45, 2.75) is 38.2 Å². The fourth-order valence-electron chi connectivity index (χ4n) is 2.22. The highest BCUT2D eigenvalue weighted by molar-refractivity contribution is 5.78. The lowest BCUT2D eigenvalue weighted by molar-refractivity contribution is -0.133. The summed E-state index contributed by atoms with van der Waals surface area (Å²) >= 11 is 0. The van der Waals surface area contributed by atoms with E-state index < -0.39 is 5.60 Å². The maximum atomic E-state index is 12.2. The number of hydrogen-bond donors (Lipinski definition) is 1. The number of hydrogen-bond acceptors (Lipinski definition) is 5. The molecule has 0 unspecified atom stereocenters. The van der Waals surface area contributed by atoms with Crippen molar-refractivity contribution in [3.8, 4) is 12.1 Å². The Morgan fingerprint density at radius 2 is 1.75 bits per heavy atom. The Morgan fingerprint density at radius 3 is 2.20 bits per heavy atom. The molecule has 0 saturated carbocycles. The molecule has 110 valence electrons. The quantitative estimate of drug-likeness (QED) is 0.763. The SMILES string of the molecule is CC1(O)CCN(CC(=O)N(CCC#N)CCC#N)CC1. The minimum absolute atomic E-state index is 0.0444. The highest BCUT2D eigenvalue weighted by atomic mass is 16.3. The number of rotatable bonds is 6. The summed E-state index contributed by atoms with van der Waals surface area (Å²) < 4.78 is 0. The van der Waals surface area contributed by atoms with Crippen LogP contribution in [0.3, 0.4) is 0 Å². The van der Waals surface area contributed by atoms with Gasteiger partial charge in [-0.1, -0.05) is 0 Å². The minimum atomic E-state index is -0.624. The van der Waals surface area contributed by atoms with Crippen LogP contribution in [0.5, 0.6) is 0 Å². The van der Waals surface area contributed by atoms with E-state index in [1.807, 2.05) is 24.0 Å². The van der Waals surface area contributed by atoms with Crippen molar-refractivity contribution in [3.05, 3.63) is 0 Å². The smallest absolute Gasteiger partial charge is 0.236 e. The minimum Gasteiger partial charge on any atom is -0.390 e. The van der Waals surface area contributed by atoms with Crippen LogP contribution in [0.4, 0.5) is 0 Å². The average molecular weight is 278 g/mol. The highest BCUT2D eigenvalue weighted by Crippen LogP contribution is 2.20. The molecule has 1 amide bonds. The Hall–Kier alpha value is -1.63. The lowest BCUT2D eigenvalue weighted by atomic mass is 9.94. The van der Waals surface area contributed by atoms with E-state index in [0.29, 0.717) is 45.6 Å². The number of nitriles is 2. The van der Waals surface area contributed by atoms with Crippen molar-refractivity contribution in [3.63, 3.8) is 0 Å². The van der Waals surface area contributed by atoms with E-state index in [2.05, 4.69) is 0 Å². The van der Waals surface area contributed by atoms with E-state index in [4.69, 9.17) is 10.5 Å². The molecule has 1 aliphatic heterocycles. The van der Waals surface area contributed by atoms with Crippen molar-refractivity contribution < 1.29 is 9.90 Å². The highest BCUT2D eigenvalue weighted by Gasteiger charge is 2.28. The molecule has 0 radical (unpaired) electrons. The second kappa shape index (κ2) is 7.84. The van der Waals surface area contributed by atoms with Crippen LogP contribution in [0.25, 0.3) is 0 Å². The van der Waals surface area contributed by atoms with Crippen LogP contribution in [-0.2, 0) is 4.79 Å².